The van der Waals surface area contributed by atoms with Gasteiger partial charge in [0.05, 0.1) is 40.4 Å². The zero-order chi connectivity index (χ0) is 20.5. The van der Waals surface area contributed by atoms with Crippen molar-refractivity contribution in [2.24, 2.45) is 0 Å². The van der Waals surface area contributed by atoms with Gasteiger partial charge in [-0.3, -0.25) is 9.59 Å². The fraction of sp³-hybridized carbons (Fsp3) is 0.167. The molecule has 0 atom stereocenters. The molecule has 8 nitrogen and oxygen atoms in total. The van der Waals surface area contributed by atoms with Crippen LogP contribution < -0.4 is 9.62 Å². The van der Waals surface area contributed by atoms with Crippen LogP contribution >= 0.6 is 11.6 Å². The van der Waals surface area contributed by atoms with E-state index in [1.165, 1.54) is 37.4 Å². The number of sulfonamides is 1. The Morgan fingerprint density at radius 2 is 1.86 bits per heavy atom. The summed E-state index contributed by atoms with van der Waals surface area (Å²) in [6.45, 7) is 0. The molecule has 2 amide bonds. The van der Waals surface area contributed by atoms with Crippen LogP contribution in [0.4, 0.5) is 11.4 Å². The van der Waals surface area contributed by atoms with Crippen LogP contribution in [0.15, 0.2) is 42.5 Å². The van der Waals surface area contributed by atoms with Gasteiger partial charge in [-0.05, 0) is 30.3 Å². The number of carbonyl (C=O) groups excluding carboxylic acids is 3. The highest BCUT2D eigenvalue weighted by Gasteiger charge is 2.36. The van der Waals surface area contributed by atoms with Gasteiger partial charge in [0, 0.05) is 6.42 Å². The molecular weight excluding hydrogens is 408 g/mol. The number of rotatable bonds is 4. The summed E-state index contributed by atoms with van der Waals surface area (Å²) in [6, 6.07) is 10.2. The van der Waals surface area contributed by atoms with Crippen molar-refractivity contribution in [3.8, 4) is 0 Å². The van der Waals surface area contributed by atoms with E-state index in [-0.39, 0.29) is 39.7 Å². The maximum atomic E-state index is 12.6. The van der Waals surface area contributed by atoms with Gasteiger partial charge in [-0.1, -0.05) is 23.7 Å². The maximum absolute atomic E-state index is 12.6. The minimum Gasteiger partial charge on any atom is -0.465 e. The standard InChI is InChI=1S/C18H15ClN2O6S/c1-27-18(24)13-4-2-3-5-15(13)20-17(23)12-7-6-11(10-14(12)19)21-16(22)8-9-28(21,25)26/h2-7,10H,8-9H2,1H3,(H,20,23). The second-order valence-corrected chi connectivity index (χ2v) is 8.22. The average molecular weight is 423 g/mol. The first kappa shape index (κ1) is 19.8. The molecule has 1 aliphatic heterocycles. The maximum Gasteiger partial charge on any atom is 0.339 e. The Morgan fingerprint density at radius 1 is 1.14 bits per heavy atom. The number of hydrogen-bond donors (Lipinski definition) is 1. The number of benzene rings is 2. The minimum atomic E-state index is -3.73. The Kier molecular flexibility index (Phi) is 5.39. The van der Waals surface area contributed by atoms with E-state index in [0.717, 1.165) is 0 Å². The van der Waals surface area contributed by atoms with Crippen LogP contribution in [-0.2, 0) is 19.6 Å². The lowest BCUT2D eigenvalue weighted by Gasteiger charge is -2.16. The Hall–Kier alpha value is -2.91. The Labute approximate surface area is 166 Å². The van der Waals surface area contributed by atoms with Gasteiger partial charge in [-0.15, -0.1) is 0 Å². The van der Waals surface area contributed by atoms with E-state index in [0.29, 0.717) is 4.31 Å². The first-order valence-corrected chi connectivity index (χ1v) is 10.1. The predicted octanol–water partition coefficient (Wildman–Crippen LogP) is 2.45. The van der Waals surface area contributed by atoms with Gasteiger partial charge in [0.15, 0.2) is 0 Å². The number of methoxy groups -OCH3 is 1. The highest BCUT2D eigenvalue weighted by molar-refractivity contribution is 7.94. The van der Waals surface area contributed by atoms with Crippen molar-refractivity contribution >= 4 is 50.8 Å². The lowest BCUT2D eigenvalue weighted by molar-refractivity contribution is -0.116. The summed E-state index contributed by atoms with van der Waals surface area (Å²) < 4.78 is 29.4. The SMILES string of the molecule is COC(=O)c1ccccc1NC(=O)c1ccc(N2C(=O)CCS2(=O)=O)cc1Cl. The van der Waals surface area contributed by atoms with E-state index in [4.69, 9.17) is 11.6 Å². The second kappa shape index (κ2) is 7.61. The topological polar surface area (TPSA) is 110 Å². The summed E-state index contributed by atoms with van der Waals surface area (Å²) in [7, 11) is -2.51. The normalized spacial score (nSPS) is 15.4. The van der Waals surface area contributed by atoms with Crippen molar-refractivity contribution < 1.29 is 27.5 Å². The van der Waals surface area contributed by atoms with Crippen molar-refractivity contribution in [2.75, 3.05) is 22.5 Å². The van der Waals surface area contributed by atoms with Crippen molar-refractivity contribution in [2.45, 2.75) is 6.42 Å². The van der Waals surface area contributed by atoms with Crippen LogP contribution in [0.5, 0.6) is 0 Å². The quantitative estimate of drug-likeness (QED) is 0.758. The fourth-order valence-electron chi connectivity index (χ4n) is 2.75. The molecule has 10 heteroatoms. The van der Waals surface area contributed by atoms with Gasteiger partial charge >= 0.3 is 5.97 Å². The van der Waals surface area contributed by atoms with Gasteiger partial charge in [0.25, 0.3) is 5.91 Å². The van der Waals surface area contributed by atoms with Crippen LogP contribution in [0.2, 0.25) is 5.02 Å². The Balaban J connectivity index is 1.89. The molecular formula is C18H15ClN2O6S. The number of hydrogen-bond acceptors (Lipinski definition) is 6. The van der Waals surface area contributed by atoms with Crippen molar-refractivity contribution in [1.29, 1.82) is 0 Å². The summed E-state index contributed by atoms with van der Waals surface area (Å²) in [5.74, 6) is -2.05. The Bertz CT molecular complexity index is 1080. The van der Waals surface area contributed by atoms with Gasteiger partial charge < -0.3 is 10.1 Å². The van der Waals surface area contributed by atoms with Crippen molar-refractivity contribution in [3.05, 3.63) is 58.6 Å². The van der Waals surface area contributed by atoms with Gasteiger partial charge in [0.2, 0.25) is 15.9 Å². The summed E-state index contributed by atoms with van der Waals surface area (Å²) in [5.41, 5.74) is 0.518. The number of halogens is 1. The Morgan fingerprint density at radius 3 is 2.46 bits per heavy atom. The molecule has 0 radical (unpaired) electrons. The zero-order valence-corrected chi connectivity index (χ0v) is 16.2. The number of anilines is 2. The molecule has 28 heavy (non-hydrogen) atoms. The highest BCUT2D eigenvalue weighted by Crippen LogP contribution is 2.30. The molecule has 1 saturated heterocycles. The molecule has 146 valence electrons. The van der Waals surface area contributed by atoms with E-state index in [1.54, 1.807) is 12.1 Å². The minimum absolute atomic E-state index is 0.0413. The summed E-state index contributed by atoms with van der Waals surface area (Å²) in [6.07, 6.45) is -0.105. The lowest BCUT2D eigenvalue weighted by atomic mass is 10.1. The van der Waals surface area contributed by atoms with Gasteiger partial charge in [-0.2, -0.15) is 0 Å². The molecule has 0 spiro atoms. The smallest absolute Gasteiger partial charge is 0.339 e. The highest BCUT2D eigenvalue weighted by atomic mass is 35.5. The van der Waals surface area contributed by atoms with E-state index in [9.17, 15) is 22.8 Å². The fourth-order valence-corrected chi connectivity index (χ4v) is 4.47. The second-order valence-electron chi connectivity index (χ2n) is 5.88. The third kappa shape index (κ3) is 3.71. The van der Waals surface area contributed by atoms with Crippen LogP contribution in [0.1, 0.15) is 27.1 Å². The van der Waals surface area contributed by atoms with E-state index >= 15 is 0 Å². The third-order valence-electron chi connectivity index (χ3n) is 4.09. The zero-order valence-electron chi connectivity index (χ0n) is 14.6. The predicted molar refractivity (Wildman–Crippen MR) is 103 cm³/mol. The monoisotopic (exact) mass is 422 g/mol. The summed E-state index contributed by atoms with van der Waals surface area (Å²) in [5, 5.41) is 2.53. The van der Waals surface area contributed by atoms with Gasteiger partial charge in [-0.25, -0.2) is 17.5 Å². The van der Waals surface area contributed by atoms with E-state index in [1.807, 2.05) is 0 Å². The molecule has 0 unspecified atom stereocenters. The summed E-state index contributed by atoms with van der Waals surface area (Å²) >= 11 is 6.15. The van der Waals surface area contributed by atoms with Crippen molar-refractivity contribution in [3.63, 3.8) is 0 Å². The van der Waals surface area contributed by atoms with Crippen LogP contribution in [0.25, 0.3) is 0 Å². The lowest BCUT2D eigenvalue weighted by Crippen LogP contribution is -2.29. The third-order valence-corrected chi connectivity index (χ3v) is 6.09. The van der Waals surface area contributed by atoms with Crippen LogP contribution in [-0.4, -0.2) is 39.1 Å². The van der Waals surface area contributed by atoms with E-state index < -0.39 is 27.8 Å². The molecule has 0 aromatic heterocycles. The first-order chi connectivity index (χ1) is 13.2. The molecule has 0 saturated carbocycles. The molecule has 0 bridgehead atoms. The van der Waals surface area contributed by atoms with Crippen LogP contribution in [0, 0.1) is 0 Å². The van der Waals surface area contributed by atoms with E-state index in [2.05, 4.69) is 10.1 Å². The molecule has 1 fully saturated rings. The molecule has 0 aliphatic carbocycles. The number of para-hydroxylation sites is 1. The molecule has 2 aromatic rings. The number of ether oxygens (including phenoxy) is 1. The van der Waals surface area contributed by atoms with Crippen molar-refractivity contribution in [1.82, 2.24) is 0 Å². The summed E-state index contributed by atoms with van der Waals surface area (Å²) in [4.78, 5) is 36.3. The number of nitrogens with one attached hydrogen (secondary N) is 1. The number of carbonyl (C=O) groups is 3. The largest absolute Gasteiger partial charge is 0.465 e. The van der Waals surface area contributed by atoms with Gasteiger partial charge in [0.1, 0.15) is 0 Å². The molecule has 1 heterocycles. The molecule has 3 rings (SSSR count). The first-order valence-electron chi connectivity index (χ1n) is 8.08. The average Bonchev–Trinajstić information content (AvgIpc) is 2.93. The number of nitrogens with zero attached hydrogens (tertiary/aromatic N) is 1. The number of esters is 1. The molecule has 1 N–H and O–H groups in total. The molecule has 2 aromatic carbocycles. The van der Waals surface area contributed by atoms with Crippen LogP contribution in [0.3, 0.4) is 0 Å². The molecule has 1 aliphatic rings. The number of amides is 2.